The second-order valence-electron chi connectivity index (χ2n) is 3.33. The summed E-state index contributed by atoms with van der Waals surface area (Å²) in [5, 5.41) is 0. The van der Waals surface area contributed by atoms with Gasteiger partial charge in [-0.3, -0.25) is 4.39 Å². The van der Waals surface area contributed by atoms with Crippen LogP contribution in [-0.4, -0.2) is 19.5 Å². The molecule has 2 N–H and O–H groups in total. The van der Waals surface area contributed by atoms with E-state index < -0.39 is 25.4 Å². The van der Waals surface area contributed by atoms with Gasteiger partial charge in [-0.15, -0.1) is 0 Å². The Morgan fingerprint density at radius 2 is 1.62 bits per heavy atom. The van der Waals surface area contributed by atoms with Gasteiger partial charge in [-0.2, -0.15) is 0 Å². The van der Waals surface area contributed by atoms with Crippen LogP contribution in [0.25, 0.3) is 0 Å². The monoisotopic (exact) mass is 455 g/mol. The van der Waals surface area contributed by atoms with Crippen LogP contribution in [0.5, 0.6) is 0 Å². The molecule has 2 unspecified atom stereocenters. The van der Waals surface area contributed by atoms with Crippen molar-refractivity contribution in [3.05, 3.63) is 24.8 Å². The summed E-state index contributed by atoms with van der Waals surface area (Å²) in [6.07, 6.45) is -1.81. The SMILES string of the molecule is Nc1c(I)cc(C(CF)C(F)CF)cc1I. The molecule has 90 valence electrons. The van der Waals surface area contributed by atoms with Crippen molar-refractivity contribution >= 4 is 50.9 Å². The van der Waals surface area contributed by atoms with E-state index in [0.29, 0.717) is 11.3 Å². The van der Waals surface area contributed by atoms with Crippen molar-refractivity contribution in [1.29, 1.82) is 0 Å². The number of nitrogens with two attached hydrogens (primary N) is 1. The molecular formula is C10H10F3I2N. The fourth-order valence-corrected chi connectivity index (χ4v) is 3.14. The van der Waals surface area contributed by atoms with Gasteiger partial charge < -0.3 is 5.73 Å². The molecule has 1 nitrogen and oxygen atoms in total. The lowest BCUT2D eigenvalue weighted by Crippen LogP contribution is -2.18. The van der Waals surface area contributed by atoms with Crippen LogP contribution in [0.15, 0.2) is 12.1 Å². The van der Waals surface area contributed by atoms with E-state index in [1.165, 1.54) is 0 Å². The maximum Gasteiger partial charge on any atom is 0.138 e. The van der Waals surface area contributed by atoms with Gasteiger partial charge in [-0.1, -0.05) is 0 Å². The molecule has 0 radical (unpaired) electrons. The van der Waals surface area contributed by atoms with E-state index >= 15 is 0 Å². The van der Waals surface area contributed by atoms with E-state index in [1.807, 2.05) is 45.2 Å². The lowest BCUT2D eigenvalue weighted by atomic mass is 9.96. The van der Waals surface area contributed by atoms with Crippen LogP contribution in [-0.2, 0) is 0 Å². The van der Waals surface area contributed by atoms with Gasteiger partial charge in [0.2, 0.25) is 0 Å². The van der Waals surface area contributed by atoms with E-state index in [0.717, 1.165) is 7.14 Å². The fourth-order valence-electron chi connectivity index (χ4n) is 1.32. The molecule has 0 amide bonds. The molecule has 16 heavy (non-hydrogen) atoms. The van der Waals surface area contributed by atoms with Crippen molar-refractivity contribution < 1.29 is 13.2 Å². The maximum absolute atomic E-state index is 13.2. The number of hydrogen-bond acceptors (Lipinski definition) is 1. The highest BCUT2D eigenvalue weighted by molar-refractivity contribution is 14.1. The van der Waals surface area contributed by atoms with Gasteiger partial charge in [0, 0.05) is 13.1 Å². The third-order valence-electron chi connectivity index (χ3n) is 2.28. The second-order valence-corrected chi connectivity index (χ2v) is 5.65. The molecule has 0 saturated carbocycles. The smallest absolute Gasteiger partial charge is 0.138 e. The molecule has 0 fully saturated rings. The van der Waals surface area contributed by atoms with E-state index in [4.69, 9.17) is 5.73 Å². The Hall–Kier alpha value is 0.270. The summed E-state index contributed by atoms with van der Waals surface area (Å²) in [7, 11) is 0. The molecule has 2 atom stereocenters. The minimum absolute atomic E-state index is 0.454. The number of anilines is 1. The first-order chi connectivity index (χ1) is 7.51. The van der Waals surface area contributed by atoms with Crippen LogP contribution < -0.4 is 5.73 Å². The summed E-state index contributed by atoms with van der Waals surface area (Å²) in [6, 6.07) is 3.20. The molecule has 0 aliphatic heterocycles. The first-order valence-electron chi connectivity index (χ1n) is 4.51. The van der Waals surface area contributed by atoms with Crippen molar-refractivity contribution in [3.63, 3.8) is 0 Å². The number of rotatable bonds is 4. The lowest BCUT2D eigenvalue weighted by molar-refractivity contribution is 0.200. The first-order valence-corrected chi connectivity index (χ1v) is 6.67. The Morgan fingerprint density at radius 1 is 1.12 bits per heavy atom. The van der Waals surface area contributed by atoms with Crippen LogP contribution in [0.3, 0.4) is 0 Å². The van der Waals surface area contributed by atoms with E-state index in [9.17, 15) is 13.2 Å². The molecule has 1 rings (SSSR count). The van der Waals surface area contributed by atoms with Gasteiger partial charge in [0.05, 0.1) is 12.4 Å². The first kappa shape index (κ1) is 14.3. The van der Waals surface area contributed by atoms with Crippen LogP contribution in [0, 0.1) is 7.14 Å². The Morgan fingerprint density at radius 3 is 2.00 bits per heavy atom. The minimum atomic E-state index is -1.81. The molecular weight excluding hydrogens is 445 g/mol. The zero-order valence-corrected chi connectivity index (χ0v) is 12.5. The number of hydrogen-bond donors (Lipinski definition) is 1. The molecule has 0 saturated heterocycles. The molecule has 0 aromatic heterocycles. The van der Waals surface area contributed by atoms with Crippen LogP contribution in [0.1, 0.15) is 11.5 Å². The highest BCUT2D eigenvalue weighted by Gasteiger charge is 2.24. The summed E-state index contributed by atoms with van der Waals surface area (Å²) < 4.78 is 39.6. The van der Waals surface area contributed by atoms with Crippen LogP contribution in [0.2, 0.25) is 0 Å². The van der Waals surface area contributed by atoms with Crippen molar-refractivity contribution in [2.45, 2.75) is 12.1 Å². The molecule has 0 aliphatic carbocycles. The zero-order valence-electron chi connectivity index (χ0n) is 8.19. The average Bonchev–Trinajstić information content (AvgIpc) is 2.26. The molecule has 1 aromatic carbocycles. The molecule has 6 heteroatoms. The average molecular weight is 455 g/mol. The summed E-state index contributed by atoms with van der Waals surface area (Å²) >= 11 is 3.98. The van der Waals surface area contributed by atoms with Gasteiger partial charge in [-0.25, -0.2) is 8.78 Å². The van der Waals surface area contributed by atoms with Gasteiger partial charge >= 0.3 is 0 Å². The standard InChI is InChI=1S/C10H10F3I2N/c11-3-6(7(13)4-12)5-1-8(14)10(16)9(15)2-5/h1-2,6-7H,3-4,16H2. The van der Waals surface area contributed by atoms with Crippen molar-refractivity contribution in [3.8, 4) is 0 Å². The van der Waals surface area contributed by atoms with Crippen molar-refractivity contribution in [1.82, 2.24) is 0 Å². The minimum Gasteiger partial charge on any atom is -0.397 e. The summed E-state index contributed by atoms with van der Waals surface area (Å²) in [5.74, 6) is -1.05. The maximum atomic E-state index is 13.2. The number of benzene rings is 1. The summed E-state index contributed by atoms with van der Waals surface area (Å²) in [6.45, 7) is -2.09. The largest absolute Gasteiger partial charge is 0.397 e. The van der Waals surface area contributed by atoms with Crippen molar-refractivity contribution in [2.75, 3.05) is 19.1 Å². The quantitative estimate of drug-likeness (QED) is 0.543. The highest BCUT2D eigenvalue weighted by atomic mass is 127. The zero-order chi connectivity index (χ0) is 12.3. The topological polar surface area (TPSA) is 26.0 Å². The Balaban J connectivity index is 3.11. The fraction of sp³-hybridized carbons (Fsp3) is 0.400. The number of nitrogen functional groups attached to an aromatic ring is 1. The van der Waals surface area contributed by atoms with E-state index in [2.05, 4.69) is 0 Å². The molecule has 1 aromatic rings. The number of alkyl halides is 3. The van der Waals surface area contributed by atoms with Crippen molar-refractivity contribution in [2.24, 2.45) is 0 Å². The second kappa shape index (κ2) is 6.27. The summed E-state index contributed by atoms with van der Waals surface area (Å²) in [4.78, 5) is 0. The molecule has 0 spiro atoms. The van der Waals surface area contributed by atoms with E-state index in [-0.39, 0.29) is 0 Å². The van der Waals surface area contributed by atoms with Gasteiger partial charge in [0.15, 0.2) is 0 Å². The molecule has 0 heterocycles. The van der Waals surface area contributed by atoms with Gasteiger partial charge in [0.1, 0.15) is 12.8 Å². The van der Waals surface area contributed by atoms with E-state index in [1.54, 1.807) is 12.1 Å². The summed E-state index contributed by atoms with van der Waals surface area (Å²) in [5.41, 5.74) is 6.76. The van der Waals surface area contributed by atoms with Crippen LogP contribution in [0.4, 0.5) is 18.9 Å². The molecule has 0 aliphatic rings. The predicted octanol–water partition coefficient (Wildman–Crippen LogP) is 3.84. The Kier molecular flexibility index (Phi) is 5.62. The Labute approximate surface area is 119 Å². The molecule has 0 bridgehead atoms. The Bertz CT molecular complexity index is 350. The predicted molar refractivity (Wildman–Crippen MR) is 75.9 cm³/mol. The third kappa shape index (κ3) is 3.14. The van der Waals surface area contributed by atoms with Gasteiger partial charge in [-0.05, 0) is 62.9 Å². The van der Waals surface area contributed by atoms with Gasteiger partial charge in [0.25, 0.3) is 0 Å². The number of halogens is 5. The third-order valence-corrected chi connectivity index (χ3v) is 4.06. The highest BCUT2D eigenvalue weighted by Crippen LogP contribution is 2.30. The normalized spacial score (nSPS) is 14.8. The lowest BCUT2D eigenvalue weighted by Gasteiger charge is -2.17. The van der Waals surface area contributed by atoms with Crippen LogP contribution >= 0.6 is 45.2 Å².